The lowest BCUT2D eigenvalue weighted by atomic mass is 10.1. The number of carbonyl (C=O) groups is 1. The molecule has 2 aliphatic heterocycles. The van der Waals surface area contributed by atoms with Crippen LogP contribution in [0.5, 0.6) is 0 Å². The SMILES string of the molecule is Cc1cc(C)cc(-c2nn(CN3CCN(CC(=O)N4CCCCC4)CC3)c(=S)o2)c1. The Hall–Kier alpha value is -2.03. The Labute approximate surface area is 183 Å². The van der Waals surface area contributed by atoms with Crippen LogP contribution in [-0.2, 0) is 11.5 Å². The monoisotopic (exact) mass is 429 g/mol. The summed E-state index contributed by atoms with van der Waals surface area (Å²) in [6.07, 6.45) is 3.53. The van der Waals surface area contributed by atoms with Gasteiger partial charge in [-0.15, -0.1) is 5.10 Å². The van der Waals surface area contributed by atoms with E-state index < -0.39 is 0 Å². The fourth-order valence-corrected chi connectivity index (χ4v) is 4.50. The Morgan fingerprint density at radius 2 is 1.60 bits per heavy atom. The Balaban J connectivity index is 1.31. The van der Waals surface area contributed by atoms with Gasteiger partial charge in [-0.25, -0.2) is 4.68 Å². The van der Waals surface area contributed by atoms with E-state index in [2.05, 4.69) is 46.9 Å². The fourth-order valence-electron chi connectivity index (χ4n) is 4.32. The van der Waals surface area contributed by atoms with Gasteiger partial charge in [0.25, 0.3) is 4.84 Å². The van der Waals surface area contributed by atoms with E-state index in [4.69, 9.17) is 16.6 Å². The number of likely N-dealkylation sites (tertiary alicyclic amines) is 1. The van der Waals surface area contributed by atoms with Crippen molar-refractivity contribution in [1.82, 2.24) is 24.5 Å². The van der Waals surface area contributed by atoms with Gasteiger partial charge in [0.05, 0.1) is 13.2 Å². The average Bonchev–Trinajstić information content (AvgIpc) is 3.10. The van der Waals surface area contributed by atoms with Crippen LogP contribution < -0.4 is 0 Å². The van der Waals surface area contributed by atoms with E-state index in [1.54, 1.807) is 4.68 Å². The van der Waals surface area contributed by atoms with Crippen molar-refractivity contribution < 1.29 is 9.21 Å². The molecule has 0 radical (unpaired) electrons. The topological polar surface area (TPSA) is 57.8 Å². The molecule has 162 valence electrons. The number of carbonyl (C=O) groups excluding carboxylic acids is 1. The third-order valence-corrected chi connectivity index (χ3v) is 6.24. The summed E-state index contributed by atoms with van der Waals surface area (Å²) in [6, 6.07) is 6.26. The van der Waals surface area contributed by atoms with Gasteiger partial charge >= 0.3 is 0 Å². The molecular weight excluding hydrogens is 398 g/mol. The number of aromatic nitrogens is 2. The highest BCUT2D eigenvalue weighted by molar-refractivity contribution is 7.71. The number of amides is 1. The first-order valence-corrected chi connectivity index (χ1v) is 11.3. The number of rotatable bonds is 5. The summed E-state index contributed by atoms with van der Waals surface area (Å²) in [5.41, 5.74) is 3.31. The minimum absolute atomic E-state index is 0.278. The number of piperazine rings is 1. The summed E-state index contributed by atoms with van der Waals surface area (Å²) in [5, 5.41) is 4.61. The van der Waals surface area contributed by atoms with Crippen LogP contribution in [0.4, 0.5) is 0 Å². The second-order valence-electron chi connectivity index (χ2n) is 8.53. The number of hydrogen-bond donors (Lipinski definition) is 0. The molecule has 0 atom stereocenters. The summed E-state index contributed by atoms with van der Waals surface area (Å²) in [6.45, 7) is 10.7. The number of hydrogen-bond acceptors (Lipinski definition) is 6. The Morgan fingerprint density at radius 1 is 0.967 bits per heavy atom. The zero-order valence-corrected chi connectivity index (χ0v) is 18.8. The van der Waals surface area contributed by atoms with Crippen LogP contribution >= 0.6 is 12.2 Å². The molecule has 0 saturated carbocycles. The minimum atomic E-state index is 0.278. The predicted molar refractivity (Wildman–Crippen MR) is 119 cm³/mol. The molecule has 0 N–H and O–H groups in total. The van der Waals surface area contributed by atoms with Crippen LogP contribution in [0.15, 0.2) is 22.6 Å². The van der Waals surface area contributed by atoms with Crippen LogP contribution in [0, 0.1) is 18.7 Å². The van der Waals surface area contributed by atoms with Gasteiger partial charge in [0.2, 0.25) is 11.8 Å². The van der Waals surface area contributed by atoms with E-state index in [0.717, 1.165) is 57.7 Å². The molecule has 8 heteroatoms. The maximum Gasteiger partial charge on any atom is 0.288 e. The molecule has 4 rings (SSSR count). The highest BCUT2D eigenvalue weighted by Gasteiger charge is 2.23. The van der Waals surface area contributed by atoms with E-state index in [-0.39, 0.29) is 5.91 Å². The van der Waals surface area contributed by atoms with Gasteiger partial charge in [-0.2, -0.15) is 0 Å². The lowest BCUT2D eigenvalue weighted by molar-refractivity contribution is -0.133. The second kappa shape index (κ2) is 9.41. The summed E-state index contributed by atoms with van der Waals surface area (Å²) in [4.78, 5) is 19.5. The molecule has 1 amide bonds. The maximum absolute atomic E-state index is 12.5. The second-order valence-corrected chi connectivity index (χ2v) is 8.88. The fraction of sp³-hybridized carbons (Fsp3) is 0.591. The third kappa shape index (κ3) is 5.17. The summed E-state index contributed by atoms with van der Waals surface area (Å²) >= 11 is 5.41. The van der Waals surface area contributed by atoms with Crippen molar-refractivity contribution in [1.29, 1.82) is 0 Å². The molecule has 1 aromatic carbocycles. The maximum atomic E-state index is 12.5. The zero-order chi connectivity index (χ0) is 21.1. The van der Waals surface area contributed by atoms with Gasteiger partial charge < -0.3 is 9.32 Å². The van der Waals surface area contributed by atoms with Gasteiger partial charge in [-0.1, -0.05) is 17.2 Å². The van der Waals surface area contributed by atoms with E-state index in [9.17, 15) is 4.79 Å². The molecule has 0 aliphatic carbocycles. The molecule has 3 heterocycles. The molecule has 30 heavy (non-hydrogen) atoms. The predicted octanol–water partition coefficient (Wildman–Crippen LogP) is 3.08. The van der Waals surface area contributed by atoms with Crippen molar-refractivity contribution in [2.75, 3.05) is 45.8 Å². The first-order chi connectivity index (χ1) is 14.5. The van der Waals surface area contributed by atoms with Crippen molar-refractivity contribution in [2.24, 2.45) is 0 Å². The van der Waals surface area contributed by atoms with E-state index in [1.807, 2.05) is 4.90 Å². The molecule has 0 unspecified atom stereocenters. The first-order valence-electron chi connectivity index (χ1n) is 10.9. The smallest absolute Gasteiger partial charge is 0.288 e. The van der Waals surface area contributed by atoms with Crippen molar-refractivity contribution >= 4 is 18.1 Å². The number of benzene rings is 1. The van der Waals surface area contributed by atoms with Crippen molar-refractivity contribution in [2.45, 2.75) is 39.8 Å². The molecular formula is C22H31N5O2S. The van der Waals surface area contributed by atoms with E-state index in [0.29, 0.717) is 23.9 Å². The number of nitrogens with zero attached hydrogens (tertiary/aromatic N) is 5. The lowest BCUT2D eigenvalue weighted by Crippen LogP contribution is -2.50. The molecule has 0 bridgehead atoms. The zero-order valence-electron chi connectivity index (χ0n) is 18.0. The van der Waals surface area contributed by atoms with Crippen LogP contribution in [0.25, 0.3) is 11.5 Å². The normalized spacial score (nSPS) is 18.7. The van der Waals surface area contributed by atoms with E-state index in [1.165, 1.54) is 17.5 Å². The minimum Gasteiger partial charge on any atom is -0.409 e. The molecule has 2 aromatic rings. The van der Waals surface area contributed by atoms with Gasteiger partial charge in [0, 0.05) is 44.8 Å². The molecule has 7 nitrogen and oxygen atoms in total. The third-order valence-electron chi connectivity index (χ3n) is 5.94. The van der Waals surface area contributed by atoms with Crippen LogP contribution in [0.1, 0.15) is 30.4 Å². The van der Waals surface area contributed by atoms with Gasteiger partial charge in [-0.3, -0.25) is 14.6 Å². The highest BCUT2D eigenvalue weighted by Crippen LogP contribution is 2.21. The van der Waals surface area contributed by atoms with Gasteiger partial charge in [0.15, 0.2) is 0 Å². The summed E-state index contributed by atoms with van der Waals surface area (Å²) < 4.78 is 7.53. The summed E-state index contributed by atoms with van der Waals surface area (Å²) in [5.74, 6) is 0.845. The lowest BCUT2D eigenvalue weighted by Gasteiger charge is -2.35. The quantitative estimate of drug-likeness (QED) is 0.681. The van der Waals surface area contributed by atoms with Gasteiger partial charge in [0.1, 0.15) is 0 Å². The Kier molecular flexibility index (Phi) is 6.65. The van der Waals surface area contributed by atoms with Crippen LogP contribution in [-0.4, -0.2) is 76.2 Å². The molecule has 2 aliphatic rings. The molecule has 2 saturated heterocycles. The van der Waals surface area contributed by atoms with E-state index >= 15 is 0 Å². The molecule has 1 aromatic heterocycles. The number of aryl methyl sites for hydroxylation is 2. The van der Waals surface area contributed by atoms with Crippen molar-refractivity contribution in [3.05, 3.63) is 34.2 Å². The van der Waals surface area contributed by atoms with Crippen molar-refractivity contribution in [3.8, 4) is 11.5 Å². The summed E-state index contributed by atoms with van der Waals surface area (Å²) in [7, 11) is 0. The first kappa shape index (κ1) is 21.2. The van der Waals surface area contributed by atoms with Crippen molar-refractivity contribution in [3.63, 3.8) is 0 Å². The average molecular weight is 430 g/mol. The highest BCUT2D eigenvalue weighted by atomic mass is 32.1. The largest absolute Gasteiger partial charge is 0.409 e. The Morgan fingerprint density at radius 3 is 2.27 bits per heavy atom. The number of piperidine rings is 1. The Bertz CT molecular complexity index is 919. The van der Waals surface area contributed by atoms with Crippen LogP contribution in [0.2, 0.25) is 0 Å². The standard InChI is InChI=1S/C22H31N5O2S/c1-17-12-18(2)14-19(13-17)21-23-27(22(30)29-21)16-25-10-8-24(9-11-25)15-20(28)26-6-4-3-5-7-26/h12-14H,3-11,15-16H2,1-2H3. The van der Waals surface area contributed by atoms with Gasteiger partial charge in [-0.05, 0) is 57.5 Å². The molecule has 2 fully saturated rings. The molecule has 0 spiro atoms. The van der Waals surface area contributed by atoms with Crippen LogP contribution in [0.3, 0.4) is 0 Å².